The number of anilines is 3. The number of morpholine rings is 1. The predicted molar refractivity (Wildman–Crippen MR) is 105 cm³/mol. The maximum atomic E-state index is 12.5. The number of amides is 1. The molecule has 1 saturated heterocycles. The fourth-order valence-electron chi connectivity index (χ4n) is 2.70. The van der Waals surface area contributed by atoms with Gasteiger partial charge in [-0.3, -0.25) is 4.79 Å². The van der Waals surface area contributed by atoms with Crippen LogP contribution in [0.5, 0.6) is 5.75 Å². The topological polar surface area (TPSA) is 79.8 Å². The van der Waals surface area contributed by atoms with Crippen molar-refractivity contribution in [3.05, 3.63) is 36.5 Å². The third kappa shape index (κ3) is 4.85. The van der Waals surface area contributed by atoms with E-state index in [4.69, 9.17) is 9.47 Å². The number of hydrogen-bond donors (Lipinski definition) is 1. The van der Waals surface area contributed by atoms with Crippen molar-refractivity contribution >= 4 is 23.4 Å². The molecule has 1 aliphatic heterocycles. The molecule has 2 aromatic rings. The van der Waals surface area contributed by atoms with Crippen LogP contribution in [0, 0.1) is 0 Å². The summed E-state index contributed by atoms with van der Waals surface area (Å²) in [5, 5.41) is 2.87. The van der Waals surface area contributed by atoms with Gasteiger partial charge < -0.3 is 24.6 Å². The van der Waals surface area contributed by atoms with Gasteiger partial charge in [-0.05, 0) is 19.1 Å². The maximum Gasteiger partial charge on any atom is 0.265 e. The first kappa shape index (κ1) is 18.9. The van der Waals surface area contributed by atoms with Gasteiger partial charge in [0.1, 0.15) is 11.4 Å². The average molecular weight is 371 g/mol. The summed E-state index contributed by atoms with van der Waals surface area (Å²) in [4.78, 5) is 25.5. The average Bonchev–Trinajstić information content (AvgIpc) is 2.69. The van der Waals surface area contributed by atoms with Gasteiger partial charge in [-0.15, -0.1) is 0 Å². The molecule has 1 aromatic heterocycles. The normalized spacial score (nSPS) is 15.1. The number of carbonyl (C=O) groups excluding carboxylic acids is 1. The van der Waals surface area contributed by atoms with Crippen LogP contribution in [0.25, 0.3) is 0 Å². The zero-order valence-corrected chi connectivity index (χ0v) is 15.9. The third-order valence-electron chi connectivity index (χ3n) is 4.16. The monoisotopic (exact) mass is 371 g/mol. The molecule has 27 heavy (non-hydrogen) atoms. The lowest BCUT2D eigenvalue weighted by Crippen LogP contribution is -2.37. The molecule has 1 amide bonds. The van der Waals surface area contributed by atoms with Crippen molar-refractivity contribution in [1.29, 1.82) is 0 Å². The molecule has 144 valence electrons. The molecule has 3 rings (SSSR count). The lowest BCUT2D eigenvalue weighted by molar-refractivity contribution is -0.122. The lowest BCUT2D eigenvalue weighted by atomic mass is 10.3. The highest BCUT2D eigenvalue weighted by atomic mass is 16.5. The van der Waals surface area contributed by atoms with Crippen LogP contribution in [0.1, 0.15) is 6.92 Å². The summed E-state index contributed by atoms with van der Waals surface area (Å²) in [6.45, 7) is 4.53. The molecule has 0 radical (unpaired) electrons. The minimum atomic E-state index is -0.652. The first-order valence-corrected chi connectivity index (χ1v) is 8.94. The van der Waals surface area contributed by atoms with Crippen LogP contribution in [-0.4, -0.2) is 62.4 Å². The van der Waals surface area contributed by atoms with Gasteiger partial charge in [-0.1, -0.05) is 18.2 Å². The second-order valence-corrected chi connectivity index (χ2v) is 6.46. The van der Waals surface area contributed by atoms with Gasteiger partial charge in [0.25, 0.3) is 5.91 Å². The Morgan fingerprint density at radius 1 is 1.26 bits per heavy atom. The molecule has 0 aliphatic carbocycles. The van der Waals surface area contributed by atoms with Crippen molar-refractivity contribution in [2.24, 2.45) is 0 Å². The van der Waals surface area contributed by atoms with Crippen molar-refractivity contribution in [2.45, 2.75) is 13.0 Å². The minimum Gasteiger partial charge on any atom is -0.481 e. The number of nitrogens with one attached hydrogen (secondary N) is 1. The van der Waals surface area contributed by atoms with Crippen molar-refractivity contribution in [3.8, 4) is 5.75 Å². The van der Waals surface area contributed by atoms with E-state index in [9.17, 15) is 4.79 Å². The molecule has 0 unspecified atom stereocenters. The highest BCUT2D eigenvalue weighted by Crippen LogP contribution is 2.24. The SMILES string of the molecule is C[C@H](Oc1ccccc1)C(=O)Nc1cnc(N2CCOCC2)nc1N(C)C. The van der Waals surface area contributed by atoms with Crippen molar-refractivity contribution in [1.82, 2.24) is 9.97 Å². The van der Waals surface area contributed by atoms with Crippen LogP contribution in [0.2, 0.25) is 0 Å². The van der Waals surface area contributed by atoms with Crippen molar-refractivity contribution in [2.75, 3.05) is 55.5 Å². The molecule has 8 nitrogen and oxygen atoms in total. The number of carbonyl (C=O) groups is 1. The fraction of sp³-hybridized carbons (Fsp3) is 0.421. The number of benzene rings is 1. The number of nitrogens with zero attached hydrogens (tertiary/aromatic N) is 4. The van der Waals surface area contributed by atoms with Crippen LogP contribution in [-0.2, 0) is 9.53 Å². The van der Waals surface area contributed by atoms with Crippen LogP contribution >= 0.6 is 0 Å². The first-order valence-electron chi connectivity index (χ1n) is 8.94. The van der Waals surface area contributed by atoms with E-state index in [1.165, 1.54) is 0 Å². The van der Waals surface area contributed by atoms with Gasteiger partial charge in [0.05, 0.1) is 19.4 Å². The van der Waals surface area contributed by atoms with E-state index in [1.54, 1.807) is 13.1 Å². The van der Waals surface area contributed by atoms with Crippen LogP contribution < -0.4 is 19.9 Å². The predicted octanol–water partition coefficient (Wildman–Crippen LogP) is 1.79. The van der Waals surface area contributed by atoms with Gasteiger partial charge in [-0.25, -0.2) is 4.98 Å². The van der Waals surface area contributed by atoms with E-state index in [1.807, 2.05) is 49.3 Å². The summed E-state index contributed by atoms with van der Waals surface area (Å²) in [6, 6.07) is 9.25. The van der Waals surface area contributed by atoms with Gasteiger partial charge in [0.15, 0.2) is 11.9 Å². The Bertz CT molecular complexity index is 763. The molecule has 1 atom stereocenters. The third-order valence-corrected chi connectivity index (χ3v) is 4.16. The van der Waals surface area contributed by atoms with Crippen molar-refractivity contribution < 1.29 is 14.3 Å². The first-order chi connectivity index (χ1) is 13.0. The number of ether oxygens (including phenoxy) is 2. The summed E-state index contributed by atoms with van der Waals surface area (Å²) in [6.07, 6.45) is 0.988. The molecule has 1 fully saturated rings. The van der Waals surface area contributed by atoms with E-state index < -0.39 is 6.10 Å². The fourth-order valence-corrected chi connectivity index (χ4v) is 2.70. The second-order valence-electron chi connectivity index (χ2n) is 6.46. The van der Waals surface area contributed by atoms with E-state index >= 15 is 0 Å². The van der Waals surface area contributed by atoms with E-state index in [-0.39, 0.29) is 5.91 Å². The van der Waals surface area contributed by atoms with Gasteiger partial charge >= 0.3 is 0 Å². The van der Waals surface area contributed by atoms with Gasteiger partial charge in [0.2, 0.25) is 5.95 Å². The molecule has 2 heterocycles. The quantitative estimate of drug-likeness (QED) is 0.829. The molecule has 0 bridgehead atoms. The van der Waals surface area contributed by atoms with E-state index in [0.717, 1.165) is 13.1 Å². The van der Waals surface area contributed by atoms with E-state index in [0.29, 0.717) is 36.4 Å². The molecule has 1 aromatic carbocycles. The number of rotatable bonds is 6. The van der Waals surface area contributed by atoms with Crippen LogP contribution in [0.4, 0.5) is 17.5 Å². The summed E-state index contributed by atoms with van der Waals surface area (Å²) in [5.74, 6) is 1.66. The number of aromatic nitrogens is 2. The highest BCUT2D eigenvalue weighted by Gasteiger charge is 2.20. The highest BCUT2D eigenvalue weighted by molar-refractivity contribution is 5.96. The molecule has 0 spiro atoms. The molecular formula is C19H25N5O3. The zero-order valence-electron chi connectivity index (χ0n) is 15.9. The Morgan fingerprint density at radius 2 is 1.96 bits per heavy atom. The Hall–Kier alpha value is -2.87. The molecule has 0 saturated carbocycles. The summed E-state index contributed by atoms with van der Waals surface area (Å²) < 4.78 is 11.1. The van der Waals surface area contributed by atoms with E-state index in [2.05, 4.69) is 20.2 Å². The Kier molecular flexibility index (Phi) is 6.08. The lowest BCUT2D eigenvalue weighted by Gasteiger charge is -2.28. The summed E-state index contributed by atoms with van der Waals surface area (Å²) >= 11 is 0. The molecule has 1 N–H and O–H groups in total. The maximum absolute atomic E-state index is 12.5. The molecular weight excluding hydrogens is 346 g/mol. The number of hydrogen-bond acceptors (Lipinski definition) is 7. The number of para-hydroxylation sites is 1. The van der Waals surface area contributed by atoms with Gasteiger partial charge in [-0.2, -0.15) is 4.98 Å². The zero-order chi connectivity index (χ0) is 19.2. The Morgan fingerprint density at radius 3 is 2.63 bits per heavy atom. The minimum absolute atomic E-state index is 0.260. The smallest absolute Gasteiger partial charge is 0.265 e. The van der Waals surface area contributed by atoms with Crippen molar-refractivity contribution in [3.63, 3.8) is 0 Å². The second kappa shape index (κ2) is 8.68. The molecule has 8 heteroatoms. The largest absolute Gasteiger partial charge is 0.481 e. The van der Waals surface area contributed by atoms with Crippen LogP contribution in [0.15, 0.2) is 36.5 Å². The Balaban J connectivity index is 1.72. The summed E-state index contributed by atoms with van der Waals surface area (Å²) in [5.41, 5.74) is 0.547. The van der Waals surface area contributed by atoms with Gasteiger partial charge in [0, 0.05) is 27.2 Å². The standard InChI is InChI=1S/C19H25N5O3/c1-14(27-15-7-5-4-6-8-15)18(25)21-16-13-20-19(22-17(16)23(2)3)24-9-11-26-12-10-24/h4-8,13-14H,9-12H2,1-3H3,(H,21,25)/t14-/m0/s1. The molecule has 1 aliphatic rings. The summed E-state index contributed by atoms with van der Waals surface area (Å²) in [7, 11) is 3.76. The Labute approximate surface area is 159 Å². The van der Waals surface area contributed by atoms with Crippen LogP contribution in [0.3, 0.4) is 0 Å².